The summed E-state index contributed by atoms with van der Waals surface area (Å²) in [6.07, 6.45) is 0.0393. The van der Waals surface area contributed by atoms with Crippen molar-refractivity contribution in [3.05, 3.63) is 60.2 Å². The number of hydrogen-bond donors (Lipinski definition) is 1. The van der Waals surface area contributed by atoms with Gasteiger partial charge >= 0.3 is 0 Å². The van der Waals surface area contributed by atoms with E-state index in [1.54, 1.807) is 12.1 Å². The summed E-state index contributed by atoms with van der Waals surface area (Å²) in [6, 6.07) is 17.0. The monoisotopic (exact) mass is 311 g/mol. The fraction of sp³-hybridized carbons (Fsp3) is 0.222. The van der Waals surface area contributed by atoms with Crippen LogP contribution in [0.4, 0.5) is 0 Å². The van der Waals surface area contributed by atoms with E-state index in [0.29, 0.717) is 30.9 Å². The topological polar surface area (TPSA) is 64.6 Å². The molecule has 1 aliphatic heterocycles. The van der Waals surface area contributed by atoms with Crippen LogP contribution in [0, 0.1) is 0 Å². The Morgan fingerprint density at radius 2 is 1.78 bits per heavy atom. The minimum absolute atomic E-state index is 0.255. The molecule has 0 saturated carbocycles. The number of carbonyl (C=O) groups is 2. The van der Waals surface area contributed by atoms with Crippen LogP contribution in [0.25, 0.3) is 0 Å². The van der Waals surface area contributed by atoms with Gasteiger partial charge in [-0.25, -0.2) is 0 Å². The van der Waals surface area contributed by atoms with E-state index >= 15 is 0 Å². The number of amides is 2. The quantitative estimate of drug-likeness (QED) is 0.862. The van der Waals surface area contributed by atoms with Gasteiger partial charge in [0.05, 0.1) is 0 Å². The van der Waals surface area contributed by atoms with Crippen molar-refractivity contribution in [2.45, 2.75) is 25.6 Å². The van der Waals surface area contributed by atoms with E-state index in [1.165, 1.54) is 0 Å². The van der Waals surface area contributed by atoms with Crippen molar-refractivity contribution in [2.24, 2.45) is 0 Å². The lowest BCUT2D eigenvalue weighted by Gasteiger charge is -2.22. The molecule has 2 amide bonds. The smallest absolute Gasteiger partial charge is 0.267 e. The number of rotatable bonds is 5. The molecule has 2 aromatic carbocycles. The third-order valence-electron chi connectivity index (χ3n) is 3.52. The number of ether oxygens (including phenoxy) is 2. The lowest BCUT2D eigenvalue weighted by Crippen LogP contribution is -2.46. The Kier molecular flexibility index (Phi) is 4.57. The van der Waals surface area contributed by atoms with Crippen LogP contribution in [0.15, 0.2) is 54.6 Å². The van der Waals surface area contributed by atoms with E-state index in [0.717, 1.165) is 5.56 Å². The second-order valence-corrected chi connectivity index (χ2v) is 5.31. The average Bonchev–Trinajstić information content (AvgIpc) is 2.57. The van der Waals surface area contributed by atoms with Gasteiger partial charge in [-0.2, -0.15) is 0 Å². The maximum atomic E-state index is 11.7. The third kappa shape index (κ3) is 4.10. The zero-order chi connectivity index (χ0) is 16.1. The highest BCUT2D eigenvalue weighted by Gasteiger charge is 2.28. The van der Waals surface area contributed by atoms with Gasteiger partial charge in [0, 0.05) is 18.9 Å². The predicted octanol–water partition coefficient (Wildman–Crippen LogP) is 2.45. The molecule has 1 saturated heterocycles. The molecular weight excluding hydrogens is 294 g/mol. The zero-order valence-corrected chi connectivity index (χ0v) is 12.5. The number of imide groups is 1. The maximum Gasteiger partial charge on any atom is 0.267 e. The molecule has 1 aliphatic rings. The first-order valence-corrected chi connectivity index (χ1v) is 7.48. The lowest BCUT2D eigenvalue weighted by atomic mass is 10.1. The molecule has 0 aromatic heterocycles. The van der Waals surface area contributed by atoms with Gasteiger partial charge < -0.3 is 9.47 Å². The van der Waals surface area contributed by atoms with E-state index in [-0.39, 0.29) is 5.91 Å². The summed E-state index contributed by atoms with van der Waals surface area (Å²) < 4.78 is 11.4. The van der Waals surface area contributed by atoms with Crippen molar-refractivity contribution >= 4 is 11.8 Å². The Morgan fingerprint density at radius 3 is 2.57 bits per heavy atom. The van der Waals surface area contributed by atoms with E-state index in [1.807, 2.05) is 42.5 Å². The molecule has 1 fully saturated rings. The second kappa shape index (κ2) is 6.96. The number of benzene rings is 2. The van der Waals surface area contributed by atoms with Crippen molar-refractivity contribution in [1.29, 1.82) is 0 Å². The van der Waals surface area contributed by atoms with Crippen LogP contribution < -0.4 is 14.8 Å². The van der Waals surface area contributed by atoms with Crippen LogP contribution in [0.5, 0.6) is 11.5 Å². The van der Waals surface area contributed by atoms with Gasteiger partial charge in [0.15, 0.2) is 6.10 Å². The molecule has 0 spiro atoms. The van der Waals surface area contributed by atoms with Gasteiger partial charge in [-0.1, -0.05) is 36.4 Å². The first-order valence-electron chi connectivity index (χ1n) is 7.48. The van der Waals surface area contributed by atoms with E-state index in [9.17, 15) is 9.59 Å². The van der Waals surface area contributed by atoms with Crippen LogP contribution >= 0.6 is 0 Å². The molecule has 1 unspecified atom stereocenters. The zero-order valence-electron chi connectivity index (χ0n) is 12.5. The van der Waals surface area contributed by atoms with Gasteiger partial charge in [0.25, 0.3) is 5.91 Å². The summed E-state index contributed by atoms with van der Waals surface area (Å²) in [5.41, 5.74) is 1.07. The standard InChI is InChI=1S/C18H17NO4/c20-17-10-9-16(18(21)19-17)23-15-8-4-7-14(11-15)22-12-13-5-2-1-3-6-13/h1-8,11,16H,9-10,12H2,(H,19,20,21). The Labute approximate surface area is 134 Å². The first-order chi connectivity index (χ1) is 11.2. The van der Waals surface area contributed by atoms with Crippen LogP contribution in [-0.2, 0) is 16.2 Å². The summed E-state index contributed by atoms with van der Waals surface area (Å²) in [5, 5.41) is 2.28. The van der Waals surface area contributed by atoms with Crippen molar-refractivity contribution in [1.82, 2.24) is 5.32 Å². The average molecular weight is 311 g/mol. The number of piperidine rings is 1. The Bertz CT molecular complexity index is 699. The Morgan fingerprint density at radius 1 is 1.00 bits per heavy atom. The molecule has 5 nitrogen and oxygen atoms in total. The van der Waals surface area contributed by atoms with Gasteiger partial charge in [-0.05, 0) is 17.7 Å². The first kappa shape index (κ1) is 15.1. The van der Waals surface area contributed by atoms with Crippen molar-refractivity contribution < 1.29 is 19.1 Å². The van der Waals surface area contributed by atoms with Gasteiger partial charge in [-0.15, -0.1) is 0 Å². The molecule has 1 atom stereocenters. The maximum absolute atomic E-state index is 11.7. The van der Waals surface area contributed by atoms with Crippen molar-refractivity contribution in [3.8, 4) is 11.5 Å². The molecule has 1 N–H and O–H groups in total. The summed E-state index contributed by atoms with van der Waals surface area (Å²) in [6.45, 7) is 0.461. The highest BCUT2D eigenvalue weighted by atomic mass is 16.5. The van der Waals surface area contributed by atoms with Crippen LogP contribution in [0.3, 0.4) is 0 Å². The number of carbonyl (C=O) groups excluding carboxylic acids is 2. The molecule has 0 radical (unpaired) electrons. The molecule has 3 rings (SSSR count). The van der Waals surface area contributed by atoms with Crippen LogP contribution in [0.1, 0.15) is 18.4 Å². The van der Waals surface area contributed by atoms with Gasteiger partial charge in [0.2, 0.25) is 5.91 Å². The minimum Gasteiger partial charge on any atom is -0.489 e. The summed E-state index contributed by atoms with van der Waals surface area (Å²) in [5.74, 6) is 0.565. The molecule has 1 heterocycles. The molecule has 118 valence electrons. The van der Waals surface area contributed by atoms with Gasteiger partial charge in [0.1, 0.15) is 18.1 Å². The highest BCUT2D eigenvalue weighted by molar-refractivity contribution is 5.99. The van der Waals surface area contributed by atoms with E-state index < -0.39 is 12.0 Å². The SMILES string of the molecule is O=C1CCC(Oc2cccc(OCc3ccccc3)c2)C(=O)N1. The van der Waals surface area contributed by atoms with Crippen molar-refractivity contribution in [2.75, 3.05) is 0 Å². The molecule has 5 heteroatoms. The van der Waals surface area contributed by atoms with Crippen molar-refractivity contribution in [3.63, 3.8) is 0 Å². The van der Waals surface area contributed by atoms with Gasteiger partial charge in [-0.3, -0.25) is 14.9 Å². The summed E-state index contributed by atoms with van der Waals surface area (Å²) >= 11 is 0. The fourth-order valence-corrected chi connectivity index (χ4v) is 2.33. The molecule has 2 aromatic rings. The van der Waals surface area contributed by atoms with Crippen LogP contribution in [-0.4, -0.2) is 17.9 Å². The molecule has 23 heavy (non-hydrogen) atoms. The Balaban J connectivity index is 1.61. The fourth-order valence-electron chi connectivity index (χ4n) is 2.33. The lowest BCUT2D eigenvalue weighted by molar-refractivity contribution is -0.138. The minimum atomic E-state index is -0.642. The summed E-state index contributed by atoms with van der Waals surface area (Å²) in [7, 11) is 0. The largest absolute Gasteiger partial charge is 0.489 e. The van der Waals surface area contributed by atoms with E-state index in [4.69, 9.17) is 9.47 Å². The van der Waals surface area contributed by atoms with E-state index in [2.05, 4.69) is 5.32 Å². The number of nitrogens with one attached hydrogen (secondary N) is 1. The predicted molar refractivity (Wildman–Crippen MR) is 84.0 cm³/mol. The summed E-state index contributed by atoms with van der Waals surface area (Å²) in [4.78, 5) is 22.9. The normalized spacial score (nSPS) is 17.5. The number of hydrogen-bond acceptors (Lipinski definition) is 4. The molecular formula is C18H17NO4. The second-order valence-electron chi connectivity index (χ2n) is 5.31. The highest BCUT2D eigenvalue weighted by Crippen LogP contribution is 2.23. The molecule has 0 bridgehead atoms. The van der Waals surface area contributed by atoms with Crippen LogP contribution in [0.2, 0.25) is 0 Å². The third-order valence-corrected chi connectivity index (χ3v) is 3.52. The Hall–Kier alpha value is -2.82. The molecule has 0 aliphatic carbocycles.